The molecule has 0 heterocycles. The highest BCUT2D eigenvalue weighted by Crippen LogP contribution is 2.21. The zero-order valence-corrected chi connectivity index (χ0v) is 27.0. The molecule has 0 aromatic heterocycles. The van der Waals surface area contributed by atoms with Crippen LogP contribution in [0.1, 0.15) is 194 Å². The van der Waals surface area contributed by atoms with Gasteiger partial charge < -0.3 is 5.11 Å². The molecule has 0 radical (unpaired) electrons. The van der Waals surface area contributed by atoms with Gasteiger partial charge in [0.2, 0.25) is 0 Å². The van der Waals surface area contributed by atoms with E-state index in [1.807, 2.05) is 0 Å². The fourth-order valence-corrected chi connectivity index (χ4v) is 5.86. The number of carbonyl (C=O) groups is 2. The Kier molecular flexibility index (Phi) is 28.1. The molecule has 0 aliphatic rings. The molecular weight excluding hydrogens is 487 g/mol. The van der Waals surface area contributed by atoms with Gasteiger partial charge in [0, 0.05) is 19.0 Å². The first-order valence-electron chi connectivity index (χ1n) is 17.0. The number of ketones is 2. The average molecular weight is 555 g/mol. The van der Waals surface area contributed by atoms with Crippen molar-refractivity contribution in [2.24, 2.45) is 0 Å². The van der Waals surface area contributed by atoms with Crippen LogP contribution in [0.15, 0.2) is 0 Å². The van der Waals surface area contributed by atoms with E-state index in [2.05, 4.69) is 23.1 Å². The van der Waals surface area contributed by atoms with E-state index in [9.17, 15) is 14.7 Å². The van der Waals surface area contributed by atoms with Crippen LogP contribution < -0.4 is 0 Å². The Morgan fingerprint density at radius 2 is 0.658 bits per heavy atom. The summed E-state index contributed by atoms with van der Waals surface area (Å²) in [4.78, 5) is 25.4. The van der Waals surface area contributed by atoms with Gasteiger partial charge in [-0.2, -0.15) is 0 Å². The van der Waals surface area contributed by atoms with Gasteiger partial charge in [0.25, 0.3) is 0 Å². The van der Waals surface area contributed by atoms with E-state index in [0.29, 0.717) is 12.8 Å². The van der Waals surface area contributed by atoms with Gasteiger partial charge in [-0.3, -0.25) is 9.59 Å². The lowest BCUT2D eigenvalue weighted by Gasteiger charge is -2.23. The van der Waals surface area contributed by atoms with Crippen molar-refractivity contribution in [1.29, 1.82) is 0 Å². The Labute approximate surface area is 240 Å². The van der Waals surface area contributed by atoms with E-state index in [1.165, 1.54) is 128 Å². The van der Waals surface area contributed by atoms with Gasteiger partial charge in [-0.25, -0.2) is 0 Å². The Morgan fingerprint density at radius 3 is 0.868 bits per heavy atom. The molecule has 4 heteroatoms. The summed E-state index contributed by atoms with van der Waals surface area (Å²) in [6, 6.07) is 0. The van der Waals surface area contributed by atoms with Crippen LogP contribution in [0.2, 0.25) is 0 Å². The van der Waals surface area contributed by atoms with Gasteiger partial charge >= 0.3 is 0 Å². The van der Waals surface area contributed by atoms with Gasteiger partial charge in [0.1, 0.15) is 0 Å². The third-order valence-electron chi connectivity index (χ3n) is 8.23. The second-order valence-electron chi connectivity index (χ2n) is 11.9. The molecule has 226 valence electrons. The molecule has 0 aliphatic heterocycles. The molecule has 0 saturated heterocycles. The third kappa shape index (κ3) is 21.5. The van der Waals surface area contributed by atoms with E-state index in [-0.39, 0.29) is 17.7 Å². The van der Waals surface area contributed by atoms with Crippen LogP contribution in [0.5, 0.6) is 0 Å². The fraction of sp³-hybridized carbons (Fsp3) is 0.941. The molecule has 0 aliphatic carbocycles. The van der Waals surface area contributed by atoms with Crippen molar-refractivity contribution in [3.63, 3.8) is 0 Å². The van der Waals surface area contributed by atoms with Gasteiger partial charge in [0.15, 0.2) is 17.2 Å². The fourth-order valence-electron chi connectivity index (χ4n) is 5.40. The minimum Gasteiger partial charge on any atom is -0.374 e. The summed E-state index contributed by atoms with van der Waals surface area (Å²) >= 11 is 0. The van der Waals surface area contributed by atoms with Crippen molar-refractivity contribution < 1.29 is 14.7 Å². The molecule has 0 bridgehead atoms. The molecule has 0 fully saturated rings. The van der Waals surface area contributed by atoms with Gasteiger partial charge in [-0.05, 0) is 12.8 Å². The van der Waals surface area contributed by atoms with E-state index < -0.39 is 5.60 Å². The molecule has 1 N–H and O–H groups in total. The van der Waals surface area contributed by atoms with E-state index >= 15 is 0 Å². The molecule has 38 heavy (non-hydrogen) atoms. The Hall–Kier alpha value is -0.270. The number of Topliss-reactive ketones (excluding diaryl/α,β-unsaturated/α-hetero) is 2. The Morgan fingerprint density at radius 1 is 0.447 bits per heavy atom. The molecular formula is C34H67O3P. The molecule has 0 aromatic rings. The summed E-state index contributed by atoms with van der Waals surface area (Å²) in [7, 11) is 2.42. The van der Waals surface area contributed by atoms with E-state index in [0.717, 1.165) is 38.5 Å². The predicted octanol–water partition coefficient (Wildman–Crippen LogP) is 10.7. The second kappa shape index (κ2) is 28.3. The van der Waals surface area contributed by atoms with Crippen molar-refractivity contribution in [3.05, 3.63) is 0 Å². The van der Waals surface area contributed by atoms with Crippen LogP contribution in [0.4, 0.5) is 0 Å². The standard InChI is InChI=1S/C34H67O3P/c1-3-5-7-9-11-13-15-17-19-21-23-25-27-29-32(35)34(37,31-38)33(36)30-28-26-24-22-20-18-16-14-12-10-8-6-4-2/h37H,3-31,38H2,1-2H3. The van der Waals surface area contributed by atoms with Crippen LogP contribution in [0, 0.1) is 0 Å². The van der Waals surface area contributed by atoms with Gasteiger partial charge in [-0.1, -0.05) is 168 Å². The third-order valence-corrected chi connectivity index (χ3v) is 8.82. The normalized spacial score (nSPS) is 11.8. The first-order chi connectivity index (χ1) is 18.5. The first kappa shape index (κ1) is 37.7. The molecule has 0 rings (SSSR count). The predicted molar refractivity (Wildman–Crippen MR) is 170 cm³/mol. The van der Waals surface area contributed by atoms with Gasteiger partial charge in [0.05, 0.1) is 0 Å². The van der Waals surface area contributed by atoms with Crippen molar-refractivity contribution in [1.82, 2.24) is 0 Å². The monoisotopic (exact) mass is 554 g/mol. The number of carbonyl (C=O) groups excluding carboxylic acids is 2. The van der Waals surface area contributed by atoms with Crippen molar-refractivity contribution in [2.75, 3.05) is 6.16 Å². The number of hydrogen-bond acceptors (Lipinski definition) is 3. The molecule has 3 nitrogen and oxygen atoms in total. The summed E-state index contributed by atoms with van der Waals surface area (Å²) < 4.78 is 0. The topological polar surface area (TPSA) is 54.4 Å². The lowest BCUT2D eigenvalue weighted by Crippen LogP contribution is -2.48. The molecule has 1 atom stereocenters. The maximum atomic E-state index is 12.7. The van der Waals surface area contributed by atoms with Crippen LogP contribution >= 0.6 is 9.24 Å². The SMILES string of the molecule is CCCCCCCCCCCCCCCC(=O)C(O)(CP)C(=O)CCCCCCCCCCCCCCC. The minimum absolute atomic E-state index is 0.127. The van der Waals surface area contributed by atoms with Crippen molar-refractivity contribution in [2.45, 2.75) is 199 Å². The number of hydrogen-bond donors (Lipinski definition) is 1. The smallest absolute Gasteiger partial charge is 0.184 e. The van der Waals surface area contributed by atoms with Crippen LogP contribution in [-0.2, 0) is 9.59 Å². The van der Waals surface area contributed by atoms with E-state index in [1.54, 1.807) is 0 Å². The zero-order valence-electron chi connectivity index (χ0n) is 25.8. The van der Waals surface area contributed by atoms with Crippen LogP contribution in [0.3, 0.4) is 0 Å². The molecule has 1 unspecified atom stereocenters. The van der Waals surface area contributed by atoms with Crippen molar-refractivity contribution >= 4 is 20.8 Å². The molecule has 0 aromatic carbocycles. The minimum atomic E-state index is -1.78. The Balaban J connectivity index is 3.73. The summed E-state index contributed by atoms with van der Waals surface area (Å²) in [5.41, 5.74) is -1.78. The largest absolute Gasteiger partial charge is 0.374 e. The van der Waals surface area contributed by atoms with Crippen LogP contribution in [-0.4, -0.2) is 28.4 Å². The Bertz CT molecular complexity index is 492. The molecule has 0 spiro atoms. The molecule has 0 amide bonds. The number of rotatable bonds is 31. The maximum absolute atomic E-state index is 12.7. The summed E-state index contributed by atoms with van der Waals surface area (Å²) in [5.74, 6) is -0.537. The second-order valence-corrected chi connectivity index (χ2v) is 12.3. The lowest BCUT2D eigenvalue weighted by atomic mass is 9.88. The zero-order chi connectivity index (χ0) is 28.2. The van der Waals surface area contributed by atoms with E-state index in [4.69, 9.17) is 0 Å². The molecule has 0 saturated carbocycles. The number of aliphatic hydroxyl groups is 1. The summed E-state index contributed by atoms with van der Waals surface area (Å²) in [6.45, 7) is 4.53. The first-order valence-corrected chi connectivity index (χ1v) is 17.8. The number of unbranched alkanes of at least 4 members (excludes halogenated alkanes) is 24. The van der Waals surface area contributed by atoms with Crippen molar-refractivity contribution in [3.8, 4) is 0 Å². The average Bonchev–Trinajstić information content (AvgIpc) is 2.93. The lowest BCUT2D eigenvalue weighted by molar-refractivity contribution is -0.148. The summed E-state index contributed by atoms with van der Waals surface area (Å²) in [6.07, 6.45) is 33.6. The summed E-state index contributed by atoms with van der Waals surface area (Å²) in [5, 5.41) is 10.8. The highest BCUT2D eigenvalue weighted by Gasteiger charge is 2.40. The quantitative estimate of drug-likeness (QED) is 0.0527. The highest BCUT2D eigenvalue weighted by molar-refractivity contribution is 7.16. The highest BCUT2D eigenvalue weighted by atomic mass is 31.0. The van der Waals surface area contributed by atoms with Crippen LogP contribution in [0.25, 0.3) is 0 Å². The van der Waals surface area contributed by atoms with Gasteiger partial charge in [-0.15, -0.1) is 9.24 Å². The maximum Gasteiger partial charge on any atom is 0.184 e.